The number of hydrogen-bond acceptors (Lipinski definition) is 3. The zero-order valence-corrected chi connectivity index (χ0v) is 16.7. The summed E-state index contributed by atoms with van der Waals surface area (Å²) in [6, 6.07) is 7.27. The van der Waals surface area contributed by atoms with Crippen molar-refractivity contribution in [2.45, 2.75) is 90.9 Å². The van der Waals surface area contributed by atoms with Gasteiger partial charge in [-0.05, 0) is 37.6 Å². The van der Waals surface area contributed by atoms with E-state index in [1.54, 1.807) is 12.1 Å². The van der Waals surface area contributed by atoms with Gasteiger partial charge in [0.15, 0.2) is 5.78 Å². The second-order valence-electron chi connectivity index (χ2n) is 7.18. The summed E-state index contributed by atoms with van der Waals surface area (Å²) in [5.74, 6) is 0.875. The Morgan fingerprint density at radius 1 is 0.769 bits per heavy atom. The molecule has 0 saturated carbocycles. The lowest BCUT2D eigenvalue weighted by molar-refractivity contribution is -0.116. The molecular weight excluding hydrogens is 324 g/mol. The molecule has 1 aromatic rings. The van der Waals surface area contributed by atoms with Crippen molar-refractivity contribution in [3.8, 4) is 5.75 Å². The number of ketones is 2. The third kappa shape index (κ3) is 11.1. The molecule has 0 aliphatic heterocycles. The summed E-state index contributed by atoms with van der Waals surface area (Å²) in [5.41, 5.74) is 0.650. The quantitative estimate of drug-likeness (QED) is 0.248. The zero-order chi connectivity index (χ0) is 19.0. The van der Waals surface area contributed by atoms with Crippen LogP contribution in [0.3, 0.4) is 0 Å². The van der Waals surface area contributed by atoms with Gasteiger partial charge in [-0.3, -0.25) is 4.79 Å². The molecule has 1 aromatic carbocycles. The van der Waals surface area contributed by atoms with Crippen molar-refractivity contribution in [3.63, 3.8) is 0 Å². The summed E-state index contributed by atoms with van der Waals surface area (Å²) in [7, 11) is 0. The molecule has 3 heteroatoms. The van der Waals surface area contributed by atoms with Crippen LogP contribution in [-0.2, 0) is 4.79 Å². The molecule has 0 saturated heterocycles. The number of benzene rings is 1. The van der Waals surface area contributed by atoms with E-state index in [9.17, 15) is 9.59 Å². The van der Waals surface area contributed by atoms with Gasteiger partial charge in [-0.2, -0.15) is 0 Å². The Morgan fingerprint density at radius 2 is 1.31 bits per heavy atom. The van der Waals surface area contributed by atoms with Gasteiger partial charge in [-0.15, -0.1) is 0 Å². The van der Waals surface area contributed by atoms with Crippen molar-refractivity contribution < 1.29 is 14.3 Å². The molecule has 0 radical (unpaired) electrons. The highest BCUT2D eigenvalue weighted by atomic mass is 16.5. The van der Waals surface area contributed by atoms with Gasteiger partial charge in [0, 0.05) is 18.4 Å². The Bertz CT molecular complexity index is 505. The fourth-order valence-electron chi connectivity index (χ4n) is 2.95. The van der Waals surface area contributed by atoms with E-state index in [1.165, 1.54) is 64.7 Å². The maximum absolute atomic E-state index is 11.9. The smallest absolute Gasteiger partial charge is 0.163 e. The predicted molar refractivity (Wildman–Crippen MR) is 108 cm³/mol. The van der Waals surface area contributed by atoms with E-state index in [0.717, 1.165) is 18.8 Å². The van der Waals surface area contributed by atoms with Crippen molar-refractivity contribution in [3.05, 3.63) is 29.8 Å². The lowest BCUT2D eigenvalue weighted by Gasteiger charge is -2.07. The van der Waals surface area contributed by atoms with Gasteiger partial charge in [0.2, 0.25) is 0 Å². The van der Waals surface area contributed by atoms with Gasteiger partial charge >= 0.3 is 0 Å². The third-order valence-electron chi connectivity index (χ3n) is 4.65. The van der Waals surface area contributed by atoms with Crippen molar-refractivity contribution in [2.75, 3.05) is 6.61 Å². The van der Waals surface area contributed by atoms with Crippen LogP contribution in [0.5, 0.6) is 5.75 Å². The molecule has 0 heterocycles. The molecule has 0 aliphatic rings. The van der Waals surface area contributed by atoms with Crippen LogP contribution in [0.1, 0.15) is 101 Å². The molecule has 0 aliphatic carbocycles. The van der Waals surface area contributed by atoms with Crippen molar-refractivity contribution in [1.82, 2.24) is 0 Å². The van der Waals surface area contributed by atoms with Crippen molar-refractivity contribution in [1.29, 1.82) is 0 Å². The van der Waals surface area contributed by atoms with Crippen LogP contribution >= 0.6 is 0 Å². The summed E-state index contributed by atoms with van der Waals surface area (Å²) < 4.78 is 5.75. The van der Waals surface area contributed by atoms with Crippen molar-refractivity contribution in [2.24, 2.45) is 0 Å². The first-order valence-electron chi connectivity index (χ1n) is 10.4. The molecule has 26 heavy (non-hydrogen) atoms. The van der Waals surface area contributed by atoms with Crippen LogP contribution in [0.2, 0.25) is 0 Å². The van der Waals surface area contributed by atoms with Gasteiger partial charge in [0.1, 0.15) is 11.5 Å². The fourth-order valence-corrected chi connectivity index (χ4v) is 2.95. The molecule has 0 fully saturated rings. The molecule has 0 unspecified atom stereocenters. The topological polar surface area (TPSA) is 43.4 Å². The molecule has 0 atom stereocenters. The lowest BCUT2D eigenvalue weighted by atomic mass is 10.1. The second-order valence-corrected chi connectivity index (χ2v) is 7.18. The minimum Gasteiger partial charge on any atom is -0.494 e. The molecule has 0 amide bonds. The van der Waals surface area contributed by atoms with E-state index in [4.69, 9.17) is 4.74 Å². The number of rotatable bonds is 16. The number of ether oxygens (including phenoxy) is 1. The van der Waals surface area contributed by atoms with Gasteiger partial charge in [0.05, 0.1) is 6.61 Å². The van der Waals surface area contributed by atoms with E-state index in [2.05, 4.69) is 6.92 Å². The summed E-state index contributed by atoms with van der Waals surface area (Å²) in [6.45, 7) is 4.50. The van der Waals surface area contributed by atoms with Gasteiger partial charge in [-0.1, -0.05) is 64.7 Å². The minimum absolute atomic E-state index is 0.0152. The maximum Gasteiger partial charge on any atom is 0.163 e. The van der Waals surface area contributed by atoms with E-state index in [0.29, 0.717) is 12.0 Å². The molecule has 0 bridgehead atoms. The number of carbonyl (C=O) groups is 2. The van der Waals surface area contributed by atoms with E-state index in [-0.39, 0.29) is 18.0 Å². The number of carbonyl (C=O) groups excluding carboxylic acids is 2. The van der Waals surface area contributed by atoms with E-state index >= 15 is 0 Å². The Kier molecular flexibility index (Phi) is 12.5. The maximum atomic E-state index is 11.9. The van der Waals surface area contributed by atoms with E-state index in [1.807, 2.05) is 12.1 Å². The van der Waals surface area contributed by atoms with Gasteiger partial charge in [0.25, 0.3) is 0 Å². The lowest BCUT2D eigenvalue weighted by Crippen LogP contribution is -2.02. The first kappa shape index (κ1) is 22.4. The Labute approximate surface area is 159 Å². The molecule has 0 spiro atoms. The first-order chi connectivity index (χ1) is 12.6. The largest absolute Gasteiger partial charge is 0.494 e. The minimum atomic E-state index is 0.0152. The summed E-state index contributed by atoms with van der Waals surface area (Å²) in [6.07, 6.45) is 13.8. The molecule has 1 rings (SSSR count). The molecule has 0 aromatic heterocycles. The number of unbranched alkanes of at least 4 members (excludes halogenated alkanes) is 9. The third-order valence-corrected chi connectivity index (χ3v) is 4.65. The highest BCUT2D eigenvalue weighted by molar-refractivity contribution is 5.98. The van der Waals surface area contributed by atoms with Gasteiger partial charge < -0.3 is 9.53 Å². The Morgan fingerprint density at radius 3 is 1.85 bits per heavy atom. The molecule has 0 N–H and O–H groups in total. The zero-order valence-electron chi connectivity index (χ0n) is 16.7. The number of hydrogen-bond donors (Lipinski definition) is 0. The summed E-state index contributed by atoms with van der Waals surface area (Å²) in [5, 5.41) is 0. The van der Waals surface area contributed by atoms with Crippen LogP contribution < -0.4 is 4.74 Å². The van der Waals surface area contributed by atoms with Crippen LogP contribution in [0.15, 0.2) is 24.3 Å². The second kappa shape index (κ2) is 14.5. The predicted octanol–water partition coefficient (Wildman–Crippen LogP) is 6.54. The van der Waals surface area contributed by atoms with Crippen LogP contribution in [-0.4, -0.2) is 18.2 Å². The Balaban J connectivity index is 2.05. The normalized spacial score (nSPS) is 10.7. The fraction of sp³-hybridized carbons (Fsp3) is 0.652. The van der Waals surface area contributed by atoms with Crippen LogP contribution in [0, 0.1) is 0 Å². The van der Waals surface area contributed by atoms with E-state index < -0.39 is 0 Å². The summed E-state index contributed by atoms with van der Waals surface area (Å²) in [4.78, 5) is 22.9. The molecule has 146 valence electrons. The highest BCUT2D eigenvalue weighted by Crippen LogP contribution is 2.15. The molecule has 3 nitrogen and oxygen atoms in total. The highest BCUT2D eigenvalue weighted by Gasteiger charge is 2.07. The first-order valence-corrected chi connectivity index (χ1v) is 10.4. The number of Topliss-reactive ketones (excluding diaryl/α,β-unsaturated/α-hetero) is 2. The van der Waals surface area contributed by atoms with Crippen molar-refractivity contribution >= 4 is 11.6 Å². The average molecular weight is 361 g/mol. The monoisotopic (exact) mass is 360 g/mol. The standard InChI is InChI=1S/C23H36O3/c1-3-4-5-6-7-8-9-10-11-12-19-26-22-16-14-21(15-17-22)23(25)18-13-20(2)24/h14-17H,3-13,18-19H2,1-2H3. The average Bonchev–Trinajstić information content (AvgIpc) is 2.64. The van der Waals surface area contributed by atoms with Crippen LogP contribution in [0.4, 0.5) is 0 Å². The molecular formula is C23H36O3. The SMILES string of the molecule is CCCCCCCCCCCCOc1ccc(C(=O)CCC(C)=O)cc1. The van der Waals surface area contributed by atoms with Crippen LogP contribution in [0.25, 0.3) is 0 Å². The van der Waals surface area contributed by atoms with Gasteiger partial charge in [-0.25, -0.2) is 0 Å². The summed E-state index contributed by atoms with van der Waals surface area (Å²) >= 11 is 0. The Hall–Kier alpha value is -1.64.